The van der Waals surface area contributed by atoms with Crippen molar-refractivity contribution in [2.24, 2.45) is 5.73 Å². The monoisotopic (exact) mass is 265 g/mol. The third kappa shape index (κ3) is 2.25. The number of thioether (sulfide) groups is 1. The van der Waals surface area contributed by atoms with Crippen LogP contribution in [0.2, 0.25) is 0 Å². The van der Waals surface area contributed by atoms with E-state index in [2.05, 4.69) is 0 Å². The molecule has 6 heteroatoms. The van der Waals surface area contributed by atoms with Gasteiger partial charge in [-0.15, -0.1) is 0 Å². The normalized spacial score (nSPS) is 38.1. The molecule has 3 N–H and O–H groups in total. The fourth-order valence-electron chi connectivity index (χ4n) is 2.72. The molecule has 16 heavy (non-hydrogen) atoms. The van der Waals surface area contributed by atoms with Crippen LogP contribution in [0, 0.1) is 0 Å². The Balaban J connectivity index is 2.23. The van der Waals surface area contributed by atoms with Gasteiger partial charge >= 0.3 is 0 Å². The maximum Gasteiger partial charge on any atom is 0.152 e. The standard InChI is InChI=1S/C10H19NO3S2/c11-9(2-1-7-16(13,14)8-9)10(12)3-5-15-6-4-10/h12H,1-8,11H2. The summed E-state index contributed by atoms with van der Waals surface area (Å²) in [7, 11) is -3.07. The second kappa shape index (κ2) is 4.15. The lowest BCUT2D eigenvalue weighted by Crippen LogP contribution is -2.66. The van der Waals surface area contributed by atoms with Gasteiger partial charge in [0.05, 0.1) is 22.6 Å². The van der Waals surface area contributed by atoms with E-state index < -0.39 is 21.0 Å². The lowest BCUT2D eigenvalue weighted by Gasteiger charge is -2.48. The molecule has 2 aliphatic heterocycles. The van der Waals surface area contributed by atoms with E-state index in [9.17, 15) is 13.5 Å². The average molecular weight is 265 g/mol. The highest BCUT2D eigenvalue weighted by Crippen LogP contribution is 2.39. The molecular weight excluding hydrogens is 246 g/mol. The van der Waals surface area contributed by atoms with E-state index in [1.165, 1.54) is 0 Å². The largest absolute Gasteiger partial charge is 0.388 e. The Labute approximate surface area is 101 Å². The molecule has 2 saturated heterocycles. The van der Waals surface area contributed by atoms with E-state index >= 15 is 0 Å². The molecular formula is C10H19NO3S2. The molecule has 0 radical (unpaired) electrons. The van der Waals surface area contributed by atoms with Crippen LogP contribution in [0.4, 0.5) is 0 Å². The number of hydrogen-bond donors (Lipinski definition) is 2. The van der Waals surface area contributed by atoms with Crippen LogP contribution in [0.1, 0.15) is 25.7 Å². The van der Waals surface area contributed by atoms with Crippen LogP contribution in [-0.4, -0.2) is 47.7 Å². The van der Waals surface area contributed by atoms with Gasteiger partial charge in [-0.1, -0.05) is 0 Å². The van der Waals surface area contributed by atoms with Gasteiger partial charge < -0.3 is 10.8 Å². The van der Waals surface area contributed by atoms with E-state index in [0.717, 1.165) is 11.5 Å². The maximum atomic E-state index is 11.7. The number of sulfone groups is 1. The molecule has 2 heterocycles. The van der Waals surface area contributed by atoms with Crippen molar-refractivity contribution in [3.63, 3.8) is 0 Å². The van der Waals surface area contributed by atoms with Crippen LogP contribution < -0.4 is 5.73 Å². The van der Waals surface area contributed by atoms with Crippen LogP contribution in [0.5, 0.6) is 0 Å². The van der Waals surface area contributed by atoms with Gasteiger partial charge in [0, 0.05) is 0 Å². The molecule has 0 aromatic rings. The third-order valence-electron chi connectivity index (χ3n) is 3.80. The minimum absolute atomic E-state index is 0.0544. The first kappa shape index (κ1) is 12.7. The zero-order valence-electron chi connectivity index (χ0n) is 9.31. The molecule has 4 nitrogen and oxygen atoms in total. The summed E-state index contributed by atoms with van der Waals surface area (Å²) in [6, 6.07) is 0. The van der Waals surface area contributed by atoms with Gasteiger partial charge in [-0.05, 0) is 37.2 Å². The Morgan fingerprint density at radius 2 is 1.81 bits per heavy atom. The molecule has 0 aliphatic carbocycles. The van der Waals surface area contributed by atoms with Crippen molar-refractivity contribution in [2.75, 3.05) is 23.0 Å². The highest BCUT2D eigenvalue weighted by Gasteiger charge is 2.51. The number of hydrogen-bond acceptors (Lipinski definition) is 5. The third-order valence-corrected chi connectivity index (χ3v) is 6.65. The lowest BCUT2D eigenvalue weighted by molar-refractivity contribution is -0.0392. The van der Waals surface area contributed by atoms with Gasteiger partial charge in [-0.25, -0.2) is 8.42 Å². The zero-order chi connectivity index (χ0) is 11.9. The first-order valence-corrected chi connectivity index (χ1v) is 8.64. The van der Waals surface area contributed by atoms with Crippen molar-refractivity contribution in [3.8, 4) is 0 Å². The van der Waals surface area contributed by atoms with Crippen molar-refractivity contribution in [1.82, 2.24) is 0 Å². The topological polar surface area (TPSA) is 80.4 Å². The minimum Gasteiger partial charge on any atom is -0.388 e. The van der Waals surface area contributed by atoms with Gasteiger partial charge in [0.25, 0.3) is 0 Å². The molecule has 2 rings (SSSR count). The molecule has 0 aromatic heterocycles. The Hall–Kier alpha value is 0.220. The van der Waals surface area contributed by atoms with E-state index in [1.54, 1.807) is 11.8 Å². The highest BCUT2D eigenvalue weighted by molar-refractivity contribution is 7.99. The molecule has 0 spiro atoms. The van der Waals surface area contributed by atoms with E-state index in [-0.39, 0.29) is 11.5 Å². The molecule has 94 valence electrons. The van der Waals surface area contributed by atoms with Gasteiger partial charge in [0.15, 0.2) is 9.84 Å². The van der Waals surface area contributed by atoms with Crippen LogP contribution in [0.15, 0.2) is 0 Å². The Bertz CT molecular complexity index is 362. The van der Waals surface area contributed by atoms with Gasteiger partial charge in [0.1, 0.15) is 0 Å². The molecule has 0 bridgehead atoms. The molecule has 2 fully saturated rings. The van der Waals surface area contributed by atoms with Crippen molar-refractivity contribution >= 4 is 21.6 Å². The summed E-state index contributed by atoms with van der Waals surface area (Å²) < 4.78 is 23.3. The Kier molecular flexibility index (Phi) is 3.29. The average Bonchev–Trinajstić information content (AvgIpc) is 2.16. The quantitative estimate of drug-likeness (QED) is 0.705. The summed E-state index contributed by atoms with van der Waals surface area (Å²) in [6.45, 7) is 0. The predicted octanol–water partition coefficient (Wildman–Crippen LogP) is 0.151. The zero-order valence-corrected chi connectivity index (χ0v) is 10.9. The summed E-state index contributed by atoms with van der Waals surface area (Å²) in [5.41, 5.74) is 4.30. The summed E-state index contributed by atoms with van der Waals surface area (Å²) in [6.07, 6.45) is 2.43. The van der Waals surface area contributed by atoms with Crippen LogP contribution in [0.25, 0.3) is 0 Å². The van der Waals surface area contributed by atoms with E-state index in [0.29, 0.717) is 25.7 Å². The van der Waals surface area contributed by atoms with Crippen molar-refractivity contribution in [3.05, 3.63) is 0 Å². The first-order valence-electron chi connectivity index (χ1n) is 5.66. The summed E-state index contributed by atoms with van der Waals surface area (Å²) >= 11 is 1.79. The summed E-state index contributed by atoms with van der Waals surface area (Å²) in [5, 5.41) is 10.6. The number of nitrogens with two attached hydrogens (primary N) is 1. The minimum atomic E-state index is -3.07. The van der Waals surface area contributed by atoms with Crippen LogP contribution in [-0.2, 0) is 9.84 Å². The summed E-state index contributed by atoms with van der Waals surface area (Å²) in [5.74, 6) is 1.91. The Morgan fingerprint density at radius 1 is 1.19 bits per heavy atom. The van der Waals surface area contributed by atoms with Crippen molar-refractivity contribution < 1.29 is 13.5 Å². The number of rotatable bonds is 1. The van der Waals surface area contributed by atoms with Crippen LogP contribution in [0.3, 0.4) is 0 Å². The molecule has 1 atom stereocenters. The van der Waals surface area contributed by atoms with Crippen molar-refractivity contribution in [2.45, 2.75) is 36.8 Å². The van der Waals surface area contributed by atoms with Crippen molar-refractivity contribution in [1.29, 1.82) is 0 Å². The van der Waals surface area contributed by atoms with Gasteiger partial charge in [-0.2, -0.15) is 11.8 Å². The fourth-order valence-corrected chi connectivity index (χ4v) is 5.81. The molecule has 2 aliphatic rings. The van der Waals surface area contributed by atoms with E-state index in [4.69, 9.17) is 5.73 Å². The maximum absolute atomic E-state index is 11.7. The Morgan fingerprint density at radius 3 is 2.38 bits per heavy atom. The number of aliphatic hydroxyl groups is 1. The SMILES string of the molecule is NC1(C2(O)CCSCC2)CCCS(=O)(=O)C1. The van der Waals surface area contributed by atoms with Crippen LogP contribution >= 0.6 is 11.8 Å². The molecule has 0 saturated carbocycles. The van der Waals surface area contributed by atoms with Gasteiger partial charge in [0.2, 0.25) is 0 Å². The summed E-state index contributed by atoms with van der Waals surface area (Å²) in [4.78, 5) is 0. The molecule has 1 unspecified atom stereocenters. The molecule has 0 aromatic carbocycles. The van der Waals surface area contributed by atoms with Gasteiger partial charge in [-0.3, -0.25) is 0 Å². The second-order valence-corrected chi connectivity index (χ2v) is 8.40. The smallest absolute Gasteiger partial charge is 0.152 e. The van der Waals surface area contributed by atoms with E-state index in [1.807, 2.05) is 0 Å². The predicted molar refractivity (Wildman–Crippen MR) is 66.3 cm³/mol. The molecule has 0 amide bonds. The fraction of sp³-hybridized carbons (Fsp3) is 1.00. The lowest BCUT2D eigenvalue weighted by atomic mass is 9.74. The first-order chi connectivity index (χ1) is 7.37. The highest BCUT2D eigenvalue weighted by atomic mass is 32.2. The second-order valence-electron chi connectivity index (χ2n) is 5.00.